The first-order valence-corrected chi connectivity index (χ1v) is 11.3. The molecular weight excluding hydrogens is 507 g/mol. The van der Waals surface area contributed by atoms with Crippen molar-refractivity contribution in [2.24, 2.45) is 0 Å². The van der Waals surface area contributed by atoms with Gasteiger partial charge in [-0.05, 0) is 54.1 Å². The molecule has 2 N–H and O–H groups in total. The fourth-order valence-electron chi connectivity index (χ4n) is 3.09. The van der Waals surface area contributed by atoms with E-state index in [0.717, 1.165) is 10.4 Å². The van der Waals surface area contributed by atoms with Crippen molar-refractivity contribution in [2.75, 3.05) is 11.4 Å². The van der Waals surface area contributed by atoms with Gasteiger partial charge in [0.1, 0.15) is 17.6 Å². The molecule has 0 saturated heterocycles. The van der Waals surface area contributed by atoms with E-state index in [-0.39, 0.29) is 35.1 Å². The molecule has 1 amide bonds. The van der Waals surface area contributed by atoms with Crippen molar-refractivity contribution in [1.29, 1.82) is 5.26 Å². The van der Waals surface area contributed by atoms with Crippen molar-refractivity contribution in [3.05, 3.63) is 82.4 Å². The zero-order chi connectivity index (χ0) is 25.8. The van der Waals surface area contributed by atoms with Crippen molar-refractivity contribution < 1.29 is 31.5 Å². The lowest BCUT2D eigenvalue weighted by Crippen LogP contribution is -2.21. The van der Waals surface area contributed by atoms with E-state index in [0.29, 0.717) is 17.3 Å². The van der Waals surface area contributed by atoms with Gasteiger partial charge in [0.25, 0.3) is 11.3 Å². The van der Waals surface area contributed by atoms with Gasteiger partial charge >= 0.3 is 6.18 Å². The standard InChI is InChI=1S/C23H17ClF3N3O4S/c1-29-22(31)10-14-2-4-16(5-3-14)30(35(32)33)17-6-9-21(15(11-17)13-28)34-18-7-8-20(24)19(12-18)23(25,26)27/h2-9,11-12H,10H2,1H3,(H,29,31)(H,32,33). The van der Waals surface area contributed by atoms with Gasteiger partial charge in [-0.15, -0.1) is 0 Å². The molecule has 1 unspecified atom stereocenters. The quantitative estimate of drug-likeness (QED) is 0.393. The highest BCUT2D eigenvalue weighted by molar-refractivity contribution is 7.81. The lowest BCUT2D eigenvalue weighted by molar-refractivity contribution is -0.137. The minimum absolute atomic E-state index is 0.0590. The number of anilines is 2. The van der Waals surface area contributed by atoms with Gasteiger partial charge in [0.2, 0.25) is 5.91 Å². The minimum Gasteiger partial charge on any atom is -0.456 e. The Labute approximate surface area is 206 Å². The number of nitrogens with one attached hydrogen (secondary N) is 1. The Morgan fingerprint density at radius 1 is 1.14 bits per heavy atom. The molecule has 0 spiro atoms. The number of carbonyl (C=O) groups excluding carboxylic acids is 1. The molecule has 0 fully saturated rings. The molecule has 12 heteroatoms. The van der Waals surface area contributed by atoms with E-state index in [4.69, 9.17) is 16.3 Å². The van der Waals surface area contributed by atoms with Crippen LogP contribution in [0.2, 0.25) is 5.02 Å². The normalized spacial score (nSPS) is 11.9. The third-order valence-corrected chi connectivity index (χ3v) is 5.82. The second-order valence-electron chi connectivity index (χ2n) is 7.08. The van der Waals surface area contributed by atoms with Crippen LogP contribution in [0.15, 0.2) is 60.7 Å². The van der Waals surface area contributed by atoms with Crippen molar-refractivity contribution in [2.45, 2.75) is 12.6 Å². The average molecular weight is 524 g/mol. The first-order valence-electron chi connectivity index (χ1n) is 9.83. The molecule has 3 aromatic rings. The lowest BCUT2D eigenvalue weighted by atomic mass is 10.1. The van der Waals surface area contributed by atoms with Crippen LogP contribution in [0, 0.1) is 11.3 Å². The third-order valence-electron chi connectivity index (χ3n) is 4.76. The van der Waals surface area contributed by atoms with Crippen molar-refractivity contribution in [1.82, 2.24) is 5.32 Å². The molecule has 0 aliphatic heterocycles. The Morgan fingerprint density at radius 3 is 2.37 bits per heavy atom. The Kier molecular flexibility index (Phi) is 8.01. The number of halogens is 4. The summed E-state index contributed by atoms with van der Waals surface area (Å²) in [7, 11) is 1.51. The summed E-state index contributed by atoms with van der Waals surface area (Å²) >= 11 is 3.09. The van der Waals surface area contributed by atoms with Gasteiger partial charge in [-0.25, -0.2) is 8.51 Å². The minimum atomic E-state index is -4.69. The predicted octanol–water partition coefficient (Wildman–Crippen LogP) is 5.59. The van der Waals surface area contributed by atoms with Gasteiger partial charge in [0.05, 0.1) is 33.9 Å². The summed E-state index contributed by atoms with van der Waals surface area (Å²) in [6.45, 7) is 0. The van der Waals surface area contributed by atoms with Crippen molar-refractivity contribution >= 4 is 40.1 Å². The fourth-order valence-corrected chi connectivity index (χ4v) is 3.91. The molecule has 1 atom stereocenters. The number of alkyl halides is 3. The summed E-state index contributed by atoms with van der Waals surface area (Å²) in [4.78, 5) is 11.5. The largest absolute Gasteiger partial charge is 0.456 e. The summed E-state index contributed by atoms with van der Waals surface area (Å²) in [6.07, 6.45) is -4.57. The van der Waals surface area contributed by atoms with Crippen LogP contribution in [0.5, 0.6) is 11.5 Å². The van der Waals surface area contributed by atoms with Crippen LogP contribution in [0.4, 0.5) is 24.5 Å². The van der Waals surface area contributed by atoms with Crippen LogP contribution in [0.25, 0.3) is 0 Å². The van der Waals surface area contributed by atoms with E-state index in [1.165, 1.54) is 43.4 Å². The smallest absolute Gasteiger partial charge is 0.417 e. The number of hydrogen-bond acceptors (Lipinski definition) is 4. The third kappa shape index (κ3) is 6.30. The molecule has 35 heavy (non-hydrogen) atoms. The number of ether oxygens (including phenoxy) is 1. The maximum atomic E-state index is 13.1. The molecule has 3 aromatic carbocycles. The van der Waals surface area contributed by atoms with E-state index in [2.05, 4.69) is 5.32 Å². The van der Waals surface area contributed by atoms with Crippen LogP contribution in [-0.4, -0.2) is 21.7 Å². The Morgan fingerprint density at radius 2 is 1.80 bits per heavy atom. The first kappa shape index (κ1) is 26.0. The van der Waals surface area contributed by atoms with Gasteiger partial charge in [-0.3, -0.25) is 9.35 Å². The van der Waals surface area contributed by atoms with E-state index in [1.54, 1.807) is 12.1 Å². The molecule has 0 saturated carbocycles. The van der Waals surface area contributed by atoms with E-state index >= 15 is 0 Å². The van der Waals surface area contributed by atoms with E-state index in [9.17, 15) is 32.0 Å². The molecule has 0 aliphatic carbocycles. The monoisotopic (exact) mass is 523 g/mol. The highest BCUT2D eigenvalue weighted by atomic mass is 35.5. The Balaban J connectivity index is 1.92. The Bertz CT molecular complexity index is 1310. The maximum absolute atomic E-state index is 13.1. The van der Waals surface area contributed by atoms with Crippen LogP contribution in [-0.2, 0) is 28.7 Å². The lowest BCUT2D eigenvalue weighted by Gasteiger charge is -2.21. The zero-order valence-corrected chi connectivity index (χ0v) is 19.5. The van der Waals surface area contributed by atoms with Crippen LogP contribution >= 0.6 is 11.6 Å². The molecular formula is C23H17ClF3N3O4S. The fraction of sp³-hybridized carbons (Fsp3) is 0.130. The number of nitrogens with zero attached hydrogens (tertiary/aromatic N) is 2. The topological polar surface area (TPSA) is 103 Å². The van der Waals surface area contributed by atoms with Gasteiger partial charge in [0.15, 0.2) is 0 Å². The summed E-state index contributed by atoms with van der Waals surface area (Å²) in [5.41, 5.74) is -0.0388. The maximum Gasteiger partial charge on any atom is 0.417 e. The van der Waals surface area contributed by atoms with Crippen LogP contribution < -0.4 is 14.4 Å². The number of hydrogen-bond donors (Lipinski definition) is 2. The number of amides is 1. The van der Waals surface area contributed by atoms with Crippen LogP contribution in [0.1, 0.15) is 16.7 Å². The van der Waals surface area contributed by atoms with Gasteiger partial charge in [-0.2, -0.15) is 18.4 Å². The average Bonchev–Trinajstić information content (AvgIpc) is 2.81. The molecule has 7 nitrogen and oxygen atoms in total. The number of nitriles is 1. The molecule has 0 aliphatic rings. The molecule has 3 rings (SSSR count). The second-order valence-corrected chi connectivity index (χ2v) is 8.31. The molecule has 0 bridgehead atoms. The van der Waals surface area contributed by atoms with Gasteiger partial charge in [0, 0.05) is 7.05 Å². The summed E-state index contributed by atoms with van der Waals surface area (Å²) < 4.78 is 67.8. The predicted molar refractivity (Wildman–Crippen MR) is 125 cm³/mol. The number of carbonyl (C=O) groups is 1. The SMILES string of the molecule is CNC(=O)Cc1ccc(N(c2ccc(Oc3ccc(Cl)c(C(F)(F)F)c3)c(C#N)c2)S(=O)O)cc1. The van der Waals surface area contributed by atoms with Crippen molar-refractivity contribution in [3.8, 4) is 17.6 Å². The highest BCUT2D eigenvalue weighted by Crippen LogP contribution is 2.39. The summed E-state index contributed by atoms with van der Waals surface area (Å²) in [5, 5.41) is 11.6. The van der Waals surface area contributed by atoms with Gasteiger partial charge in [-0.1, -0.05) is 23.7 Å². The molecule has 182 valence electrons. The zero-order valence-electron chi connectivity index (χ0n) is 18.0. The number of rotatable bonds is 7. The number of benzene rings is 3. The summed E-state index contributed by atoms with van der Waals surface area (Å²) in [6, 6.07) is 15.1. The molecule has 0 radical (unpaired) electrons. The molecule has 0 heterocycles. The highest BCUT2D eigenvalue weighted by Gasteiger charge is 2.33. The van der Waals surface area contributed by atoms with Crippen LogP contribution in [0.3, 0.4) is 0 Å². The van der Waals surface area contributed by atoms with E-state index in [1.807, 2.05) is 6.07 Å². The summed E-state index contributed by atoms with van der Waals surface area (Å²) in [5.74, 6) is -0.450. The first-order chi connectivity index (χ1) is 16.5. The van der Waals surface area contributed by atoms with Gasteiger partial charge < -0.3 is 10.1 Å². The molecule has 0 aromatic heterocycles. The second kappa shape index (κ2) is 10.8. The van der Waals surface area contributed by atoms with E-state index < -0.39 is 28.0 Å². The van der Waals surface area contributed by atoms with Crippen molar-refractivity contribution in [3.63, 3.8) is 0 Å². The Hall–Kier alpha value is -3.59. The number of likely N-dealkylation sites (N-methyl/N-ethyl adjacent to an activating group) is 1.